The van der Waals surface area contributed by atoms with Crippen LogP contribution in [0, 0.1) is 0 Å². The van der Waals surface area contributed by atoms with Crippen molar-refractivity contribution >= 4 is 11.4 Å². The lowest BCUT2D eigenvalue weighted by atomic mass is 10.2. The fourth-order valence-electron chi connectivity index (χ4n) is 1.16. The zero-order valence-corrected chi connectivity index (χ0v) is 8.99. The molecule has 0 unspecified atom stereocenters. The molecular formula is C11H18N2O. The summed E-state index contributed by atoms with van der Waals surface area (Å²) in [7, 11) is 4.02. The Morgan fingerprint density at radius 2 is 2.14 bits per heavy atom. The Morgan fingerprint density at radius 3 is 2.71 bits per heavy atom. The summed E-state index contributed by atoms with van der Waals surface area (Å²) in [6, 6.07) is 8.10. The van der Waals surface area contributed by atoms with E-state index in [0.717, 1.165) is 11.4 Å². The van der Waals surface area contributed by atoms with E-state index >= 15 is 0 Å². The molecule has 0 saturated heterocycles. The molecule has 0 amide bonds. The van der Waals surface area contributed by atoms with Gasteiger partial charge in [-0.25, -0.2) is 0 Å². The summed E-state index contributed by atoms with van der Waals surface area (Å²) >= 11 is 0. The molecule has 0 aliphatic carbocycles. The highest BCUT2D eigenvalue weighted by atomic mass is 16.3. The highest BCUT2D eigenvalue weighted by Gasteiger charge is 1.98. The Balaban J connectivity index is 2.64. The predicted molar refractivity (Wildman–Crippen MR) is 60.9 cm³/mol. The second kappa shape index (κ2) is 4.86. The first-order chi connectivity index (χ1) is 6.59. The average molecular weight is 194 g/mol. The van der Waals surface area contributed by atoms with Crippen LogP contribution in [0.25, 0.3) is 0 Å². The van der Waals surface area contributed by atoms with E-state index in [1.54, 1.807) is 6.92 Å². The number of aliphatic hydroxyl groups excluding tert-OH is 1. The zero-order chi connectivity index (χ0) is 10.6. The minimum Gasteiger partial charge on any atom is -0.392 e. The number of nitrogens with zero attached hydrogens (tertiary/aromatic N) is 1. The number of rotatable bonds is 4. The van der Waals surface area contributed by atoms with Gasteiger partial charge in [-0.1, -0.05) is 6.07 Å². The third-order valence-electron chi connectivity index (χ3n) is 1.96. The van der Waals surface area contributed by atoms with Gasteiger partial charge < -0.3 is 15.3 Å². The molecule has 14 heavy (non-hydrogen) atoms. The monoisotopic (exact) mass is 194 g/mol. The van der Waals surface area contributed by atoms with Crippen LogP contribution < -0.4 is 10.2 Å². The Bertz CT molecular complexity index is 284. The molecule has 1 aromatic rings. The number of nitrogens with one attached hydrogen (secondary N) is 1. The van der Waals surface area contributed by atoms with Crippen molar-refractivity contribution in [3.63, 3.8) is 0 Å². The predicted octanol–water partition coefficient (Wildman–Crippen LogP) is 1.55. The molecule has 0 aliphatic heterocycles. The minimum atomic E-state index is -0.321. The van der Waals surface area contributed by atoms with Crippen molar-refractivity contribution in [2.24, 2.45) is 0 Å². The first kappa shape index (κ1) is 10.9. The quantitative estimate of drug-likeness (QED) is 0.763. The van der Waals surface area contributed by atoms with Gasteiger partial charge in [0.2, 0.25) is 0 Å². The lowest BCUT2D eigenvalue weighted by Crippen LogP contribution is -2.15. The minimum absolute atomic E-state index is 0.321. The van der Waals surface area contributed by atoms with Gasteiger partial charge in [0.05, 0.1) is 6.10 Å². The average Bonchev–Trinajstić information content (AvgIpc) is 2.15. The van der Waals surface area contributed by atoms with Gasteiger partial charge in [0.1, 0.15) is 0 Å². The van der Waals surface area contributed by atoms with Gasteiger partial charge in [0.15, 0.2) is 0 Å². The Hall–Kier alpha value is -1.22. The van der Waals surface area contributed by atoms with Gasteiger partial charge in [-0.15, -0.1) is 0 Å². The van der Waals surface area contributed by atoms with Crippen molar-refractivity contribution in [3.8, 4) is 0 Å². The normalized spacial score (nSPS) is 12.3. The summed E-state index contributed by atoms with van der Waals surface area (Å²) in [6.45, 7) is 2.35. The summed E-state index contributed by atoms with van der Waals surface area (Å²) in [5.74, 6) is 0. The van der Waals surface area contributed by atoms with E-state index in [2.05, 4.69) is 11.4 Å². The molecule has 3 nitrogen and oxygen atoms in total. The largest absolute Gasteiger partial charge is 0.392 e. The topological polar surface area (TPSA) is 35.5 Å². The van der Waals surface area contributed by atoms with Crippen molar-refractivity contribution in [1.82, 2.24) is 0 Å². The van der Waals surface area contributed by atoms with E-state index in [9.17, 15) is 0 Å². The number of aliphatic hydroxyl groups is 1. The summed E-state index contributed by atoms with van der Waals surface area (Å²) < 4.78 is 0. The van der Waals surface area contributed by atoms with Gasteiger partial charge in [0.25, 0.3) is 0 Å². The van der Waals surface area contributed by atoms with Crippen molar-refractivity contribution in [1.29, 1.82) is 0 Å². The molecule has 0 radical (unpaired) electrons. The molecule has 3 heteroatoms. The SMILES string of the molecule is C[C@@H](O)CNc1cccc(N(C)C)c1. The van der Waals surface area contributed by atoms with Crippen molar-refractivity contribution < 1.29 is 5.11 Å². The lowest BCUT2D eigenvalue weighted by Gasteiger charge is -2.14. The van der Waals surface area contributed by atoms with Crippen LogP contribution in [0.15, 0.2) is 24.3 Å². The molecule has 0 spiro atoms. The standard InChI is InChI=1S/C11H18N2O/c1-9(14)8-12-10-5-4-6-11(7-10)13(2)3/h4-7,9,12,14H,8H2,1-3H3/t9-/m1/s1. The van der Waals surface area contributed by atoms with E-state index in [0.29, 0.717) is 6.54 Å². The Kier molecular flexibility index (Phi) is 3.77. The molecule has 0 heterocycles. The Morgan fingerprint density at radius 1 is 1.43 bits per heavy atom. The van der Waals surface area contributed by atoms with E-state index in [4.69, 9.17) is 5.11 Å². The third kappa shape index (κ3) is 3.26. The van der Waals surface area contributed by atoms with Gasteiger partial charge in [-0.2, -0.15) is 0 Å². The maximum Gasteiger partial charge on any atom is 0.0684 e. The molecule has 0 fully saturated rings. The van der Waals surface area contributed by atoms with Gasteiger partial charge >= 0.3 is 0 Å². The van der Waals surface area contributed by atoms with Crippen molar-refractivity contribution in [2.45, 2.75) is 13.0 Å². The summed E-state index contributed by atoms with van der Waals surface area (Å²) in [5.41, 5.74) is 2.19. The van der Waals surface area contributed by atoms with Crippen LogP contribution in [0.1, 0.15) is 6.92 Å². The highest BCUT2D eigenvalue weighted by Crippen LogP contribution is 2.16. The van der Waals surface area contributed by atoms with E-state index in [-0.39, 0.29) is 6.10 Å². The second-order valence-electron chi connectivity index (χ2n) is 3.67. The fraction of sp³-hybridized carbons (Fsp3) is 0.455. The van der Waals surface area contributed by atoms with Gasteiger partial charge in [0, 0.05) is 32.0 Å². The fourth-order valence-corrected chi connectivity index (χ4v) is 1.16. The lowest BCUT2D eigenvalue weighted by molar-refractivity contribution is 0.208. The smallest absolute Gasteiger partial charge is 0.0684 e. The van der Waals surface area contributed by atoms with Crippen LogP contribution in [0.2, 0.25) is 0 Å². The van der Waals surface area contributed by atoms with E-state index in [1.165, 1.54) is 0 Å². The number of hydrogen-bond acceptors (Lipinski definition) is 3. The number of hydrogen-bond donors (Lipinski definition) is 2. The van der Waals surface area contributed by atoms with E-state index < -0.39 is 0 Å². The van der Waals surface area contributed by atoms with Gasteiger partial charge in [-0.3, -0.25) is 0 Å². The number of anilines is 2. The summed E-state index contributed by atoms with van der Waals surface area (Å²) in [6.07, 6.45) is -0.321. The summed E-state index contributed by atoms with van der Waals surface area (Å²) in [5, 5.41) is 12.3. The van der Waals surface area contributed by atoms with Crippen LogP contribution in [0.5, 0.6) is 0 Å². The second-order valence-corrected chi connectivity index (χ2v) is 3.67. The van der Waals surface area contributed by atoms with Crippen molar-refractivity contribution in [3.05, 3.63) is 24.3 Å². The van der Waals surface area contributed by atoms with Crippen LogP contribution in [-0.2, 0) is 0 Å². The highest BCUT2D eigenvalue weighted by molar-refractivity contribution is 5.57. The first-order valence-corrected chi connectivity index (χ1v) is 4.79. The molecule has 0 saturated carbocycles. The van der Waals surface area contributed by atoms with Gasteiger partial charge in [-0.05, 0) is 25.1 Å². The van der Waals surface area contributed by atoms with Crippen molar-refractivity contribution in [2.75, 3.05) is 30.9 Å². The molecule has 2 N–H and O–H groups in total. The van der Waals surface area contributed by atoms with Crippen LogP contribution in [0.3, 0.4) is 0 Å². The molecule has 0 aromatic heterocycles. The molecule has 1 atom stereocenters. The van der Waals surface area contributed by atoms with Crippen LogP contribution in [-0.4, -0.2) is 31.9 Å². The maximum absolute atomic E-state index is 9.12. The molecular weight excluding hydrogens is 176 g/mol. The first-order valence-electron chi connectivity index (χ1n) is 4.79. The number of benzene rings is 1. The molecule has 0 aliphatic rings. The maximum atomic E-state index is 9.12. The van der Waals surface area contributed by atoms with E-state index in [1.807, 2.05) is 37.2 Å². The molecule has 0 bridgehead atoms. The van der Waals surface area contributed by atoms with Crippen LogP contribution >= 0.6 is 0 Å². The van der Waals surface area contributed by atoms with Crippen LogP contribution in [0.4, 0.5) is 11.4 Å². The third-order valence-corrected chi connectivity index (χ3v) is 1.96. The Labute approximate surface area is 85.4 Å². The molecule has 1 rings (SSSR count). The summed E-state index contributed by atoms with van der Waals surface area (Å²) in [4.78, 5) is 2.05. The molecule has 1 aromatic carbocycles. The zero-order valence-electron chi connectivity index (χ0n) is 8.99. The molecule has 78 valence electrons.